The Labute approximate surface area is 90.3 Å². The van der Waals surface area contributed by atoms with Crippen molar-refractivity contribution in [3.63, 3.8) is 0 Å². The first-order chi connectivity index (χ1) is 6.65. The second-order valence-electron chi connectivity index (χ2n) is 3.45. The summed E-state index contributed by atoms with van der Waals surface area (Å²) in [5, 5.41) is 12.1. The zero-order valence-corrected chi connectivity index (χ0v) is 9.04. The highest BCUT2D eigenvalue weighted by atomic mass is 79.9. The Bertz CT molecular complexity index is 374. The molecule has 4 heteroatoms. The minimum atomic E-state index is -0.898. The highest BCUT2D eigenvalue weighted by Crippen LogP contribution is 2.27. The molecule has 14 heavy (non-hydrogen) atoms. The molecule has 0 aromatic heterocycles. The third-order valence-electron chi connectivity index (χ3n) is 2.09. The SMILES string of the molecule is O=C(O)c1cc(Br)cc(NC2CC2)c1. The van der Waals surface area contributed by atoms with Crippen molar-refractivity contribution in [3.8, 4) is 0 Å². The number of hydrogen-bond donors (Lipinski definition) is 2. The number of halogens is 1. The summed E-state index contributed by atoms with van der Waals surface area (Å²) in [4.78, 5) is 10.8. The summed E-state index contributed by atoms with van der Waals surface area (Å²) in [5.74, 6) is -0.898. The number of carboxylic acids is 1. The van der Waals surface area contributed by atoms with Crippen LogP contribution in [0.4, 0.5) is 5.69 Å². The number of benzene rings is 1. The van der Waals surface area contributed by atoms with Gasteiger partial charge >= 0.3 is 5.97 Å². The molecule has 1 aromatic carbocycles. The van der Waals surface area contributed by atoms with Gasteiger partial charge in [-0.25, -0.2) is 4.79 Å². The van der Waals surface area contributed by atoms with Gasteiger partial charge < -0.3 is 10.4 Å². The first-order valence-electron chi connectivity index (χ1n) is 4.45. The van der Waals surface area contributed by atoms with Crippen molar-refractivity contribution >= 4 is 27.6 Å². The molecule has 2 N–H and O–H groups in total. The predicted molar refractivity (Wildman–Crippen MR) is 57.7 cm³/mol. The molecule has 1 fully saturated rings. The van der Waals surface area contributed by atoms with Gasteiger partial charge in [0.05, 0.1) is 5.56 Å². The second-order valence-corrected chi connectivity index (χ2v) is 4.37. The van der Waals surface area contributed by atoms with E-state index in [9.17, 15) is 4.79 Å². The number of carboxylic acid groups (broad SMARTS) is 1. The largest absolute Gasteiger partial charge is 0.478 e. The van der Waals surface area contributed by atoms with Crippen molar-refractivity contribution in [1.29, 1.82) is 0 Å². The zero-order chi connectivity index (χ0) is 10.1. The van der Waals surface area contributed by atoms with E-state index in [1.165, 1.54) is 12.8 Å². The lowest BCUT2D eigenvalue weighted by atomic mass is 10.2. The van der Waals surface area contributed by atoms with Gasteiger partial charge in [-0.15, -0.1) is 0 Å². The van der Waals surface area contributed by atoms with Crippen molar-refractivity contribution in [2.24, 2.45) is 0 Å². The van der Waals surface area contributed by atoms with Gasteiger partial charge in [-0.1, -0.05) is 15.9 Å². The van der Waals surface area contributed by atoms with E-state index in [-0.39, 0.29) is 0 Å². The smallest absolute Gasteiger partial charge is 0.335 e. The Balaban J connectivity index is 2.25. The van der Waals surface area contributed by atoms with Gasteiger partial charge in [0, 0.05) is 16.2 Å². The van der Waals surface area contributed by atoms with E-state index in [2.05, 4.69) is 21.2 Å². The summed E-state index contributed by atoms with van der Waals surface area (Å²) in [6.07, 6.45) is 2.35. The van der Waals surface area contributed by atoms with Crippen LogP contribution in [0.2, 0.25) is 0 Å². The summed E-state index contributed by atoms with van der Waals surface area (Å²) < 4.78 is 0.792. The van der Waals surface area contributed by atoms with Gasteiger partial charge in [0.15, 0.2) is 0 Å². The molecular weight excluding hydrogens is 246 g/mol. The fraction of sp³-hybridized carbons (Fsp3) is 0.300. The van der Waals surface area contributed by atoms with Gasteiger partial charge in [-0.2, -0.15) is 0 Å². The fourth-order valence-electron chi connectivity index (χ4n) is 1.26. The van der Waals surface area contributed by atoms with Gasteiger partial charge in [0.1, 0.15) is 0 Å². The molecule has 0 saturated heterocycles. The molecule has 0 bridgehead atoms. The Hall–Kier alpha value is -1.03. The van der Waals surface area contributed by atoms with E-state index in [1.54, 1.807) is 12.1 Å². The molecule has 0 unspecified atom stereocenters. The van der Waals surface area contributed by atoms with Gasteiger partial charge in [-0.05, 0) is 31.0 Å². The average molecular weight is 256 g/mol. The summed E-state index contributed by atoms with van der Waals surface area (Å²) in [5.41, 5.74) is 1.18. The first kappa shape index (κ1) is 9.52. The molecule has 0 amide bonds. The molecule has 0 spiro atoms. The third kappa shape index (κ3) is 2.26. The first-order valence-corrected chi connectivity index (χ1v) is 5.25. The predicted octanol–water partition coefficient (Wildman–Crippen LogP) is 2.72. The topological polar surface area (TPSA) is 49.3 Å². The third-order valence-corrected chi connectivity index (χ3v) is 2.55. The molecule has 0 heterocycles. The van der Waals surface area contributed by atoms with Crippen molar-refractivity contribution < 1.29 is 9.90 Å². The maximum atomic E-state index is 10.8. The summed E-state index contributed by atoms with van der Waals surface area (Å²) in [6.45, 7) is 0. The molecule has 1 aliphatic carbocycles. The fourth-order valence-corrected chi connectivity index (χ4v) is 1.75. The molecule has 74 valence electrons. The monoisotopic (exact) mass is 255 g/mol. The number of hydrogen-bond acceptors (Lipinski definition) is 2. The summed E-state index contributed by atoms with van der Waals surface area (Å²) in [6, 6.07) is 5.68. The Morgan fingerprint density at radius 3 is 2.71 bits per heavy atom. The summed E-state index contributed by atoms with van der Waals surface area (Å²) >= 11 is 3.29. The second kappa shape index (κ2) is 3.61. The molecule has 3 nitrogen and oxygen atoms in total. The van der Waals surface area contributed by atoms with Crippen LogP contribution in [0.3, 0.4) is 0 Å². The number of nitrogens with one attached hydrogen (secondary N) is 1. The summed E-state index contributed by atoms with van der Waals surface area (Å²) in [7, 11) is 0. The van der Waals surface area contributed by atoms with Crippen LogP contribution in [-0.4, -0.2) is 17.1 Å². The number of carbonyl (C=O) groups is 1. The van der Waals surface area contributed by atoms with E-state index < -0.39 is 5.97 Å². The Morgan fingerprint density at radius 2 is 2.14 bits per heavy atom. The van der Waals surface area contributed by atoms with Gasteiger partial charge in [-0.3, -0.25) is 0 Å². The van der Waals surface area contributed by atoms with Crippen LogP contribution in [0, 0.1) is 0 Å². The number of anilines is 1. The van der Waals surface area contributed by atoms with Crippen LogP contribution in [0.1, 0.15) is 23.2 Å². The van der Waals surface area contributed by atoms with E-state index in [4.69, 9.17) is 5.11 Å². The quantitative estimate of drug-likeness (QED) is 0.874. The lowest BCUT2D eigenvalue weighted by molar-refractivity contribution is 0.0697. The van der Waals surface area contributed by atoms with Crippen LogP contribution < -0.4 is 5.32 Å². The van der Waals surface area contributed by atoms with Gasteiger partial charge in [0.25, 0.3) is 0 Å². The maximum Gasteiger partial charge on any atom is 0.335 e. The van der Waals surface area contributed by atoms with Crippen molar-refractivity contribution in [3.05, 3.63) is 28.2 Å². The van der Waals surface area contributed by atoms with E-state index in [0.29, 0.717) is 11.6 Å². The highest BCUT2D eigenvalue weighted by molar-refractivity contribution is 9.10. The molecule has 1 aromatic rings. The van der Waals surface area contributed by atoms with Crippen LogP contribution in [-0.2, 0) is 0 Å². The van der Waals surface area contributed by atoms with Crippen LogP contribution in [0.5, 0.6) is 0 Å². The van der Waals surface area contributed by atoms with Gasteiger partial charge in [0.2, 0.25) is 0 Å². The van der Waals surface area contributed by atoms with Crippen LogP contribution >= 0.6 is 15.9 Å². The van der Waals surface area contributed by atoms with Crippen molar-refractivity contribution in [1.82, 2.24) is 0 Å². The Morgan fingerprint density at radius 1 is 1.43 bits per heavy atom. The number of rotatable bonds is 3. The molecule has 0 radical (unpaired) electrons. The highest BCUT2D eigenvalue weighted by Gasteiger charge is 2.21. The molecule has 0 aliphatic heterocycles. The number of aromatic carboxylic acids is 1. The average Bonchev–Trinajstić information content (AvgIpc) is 2.87. The lowest BCUT2D eigenvalue weighted by Crippen LogP contribution is -2.03. The minimum absolute atomic E-state index is 0.308. The van der Waals surface area contributed by atoms with Crippen LogP contribution in [0.15, 0.2) is 22.7 Å². The molecule has 0 atom stereocenters. The minimum Gasteiger partial charge on any atom is -0.478 e. The molecule has 1 aliphatic rings. The lowest BCUT2D eigenvalue weighted by Gasteiger charge is -2.06. The van der Waals surface area contributed by atoms with Crippen LogP contribution in [0.25, 0.3) is 0 Å². The van der Waals surface area contributed by atoms with E-state index in [1.807, 2.05) is 6.07 Å². The normalized spacial score (nSPS) is 15.2. The van der Waals surface area contributed by atoms with Crippen molar-refractivity contribution in [2.75, 3.05) is 5.32 Å². The molecule has 2 rings (SSSR count). The molecular formula is C10H10BrNO2. The van der Waals surface area contributed by atoms with E-state index >= 15 is 0 Å². The zero-order valence-electron chi connectivity index (χ0n) is 7.46. The maximum absolute atomic E-state index is 10.8. The standard InChI is InChI=1S/C10H10BrNO2/c11-7-3-6(10(13)14)4-9(5-7)12-8-1-2-8/h3-5,8,12H,1-2H2,(H,13,14). The molecule has 1 saturated carbocycles. The Kier molecular flexibility index (Phi) is 2.46. The van der Waals surface area contributed by atoms with E-state index in [0.717, 1.165) is 10.2 Å². The van der Waals surface area contributed by atoms with Crippen molar-refractivity contribution in [2.45, 2.75) is 18.9 Å².